The predicted molar refractivity (Wildman–Crippen MR) is 183 cm³/mol. The van der Waals surface area contributed by atoms with E-state index in [0.717, 1.165) is 64.3 Å². The maximum Gasteiger partial charge on any atom is 0.163 e. The lowest BCUT2D eigenvalue weighted by Crippen LogP contribution is -2.13. The third kappa shape index (κ3) is 8.27. The van der Waals surface area contributed by atoms with Gasteiger partial charge >= 0.3 is 0 Å². The lowest BCUT2D eigenvalue weighted by Gasteiger charge is -2.17. The van der Waals surface area contributed by atoms with Crippen molar-refractivity contribution in [2.24, 2.45) is 0 Å². The molecule has 0 bridgehead atoms. The number of carbonyl (C=O) groups excluding carboxylic acids is 1. The van der Waals surface area contributed by atoms with Crippen LogP contribution in [-0.4, -0.2) is 32.8 Å². The monoisotopic (exact) mass is 616 g/mol. The molecule has 0 aliphatic rings. The standard InChI is InChI=1S/C40H40O6/c1-2-3-4-5-6-7-38(44)37(31-10-9-28-11-17-34(42)25-32(28)24-31)22-27-8-19-39(45)40(23-27)46-21-20-30-14-18-35(43)26-36(30)29-12-15-33(41)16-13-29/h6-19,23-26,37,41-43,45H,2-5,20-22H2,1H3/b7-6+/t37-/m1/s1. The molecule has 0 saturated heterocycles. The number of ketones is 1. The molecule has 0 aromatic heterocycles. The van der Waals surface area contributed by atoms with Crippen molar-refractivity contribution in [2.75, 3.05) is 6.61 Å². The molecule has 0 spiro atoms. The summed E-state index contributed by atoms with van der Waals surface area (Å²) in [7, 11) is 0. The van der Waals surface area contributed by atoms with Gasteiger partial charge in [-0.3, -0.25) is 4.79 Å². The first kappa shape index (κ1) is 32.2. The number of phenolic OH excluding ortho intramolecular Hbond substituents is 4. The van der Waals surface area contributed by atoms with E-state index < -0.39 is 5.92 Å². The minimum atomic E-state index is -0.462. The zero-order valence-electron chi connectivity index (χ0n) is 26.0. The van der Waals surface area contributed by atoms with E-state index in [1.54, 1.807) is 66.7 Å². The summed E-state index contributed by atoms with van der Waals surface area (Å²) in [5, 5.41) is 42.3. The number of aromatic hydroxyl groups is 4. The Bertz CT molecular complexity index is 1820. The molecule has 0 heterocycles. The highest BCUT2D eigenvalue weighted by atomic mass is 16.5. The van der Waals surface area contributed by atoms with Crippen LogP contribution >= 0.6 is 0 Å². The van der Waals surface area contributed by atoms with Gasteiger partial charge in [0.05, 0.1) is 12.5 Å². The van der Waals surface area contributed by atoms with Crippen LogP contribution in [0.25, 0.3) is 21.9 Å². The number of allylic oxidation sites excluding steroid dienone is 2. The number of fused-ring (bicyclic) bond motifs is 1. The molecule has 6 nitrogen and oxygen atoms in total. The predicted octanol–water partition coefficient (Wildman–Crippen LogP) is 8.98. The van der Waals surface area contributed by atoms with E-state index in [2.05, 4.69) is 6.92 Å². The van der Waals surface area contributed by atoms with E-state index >= 15 is 0 Å². The number of rotatable bonds is 14. The molecule has 4 N–H and O–H groups in total. The van der Waals surface area contributed by atoms with Gasteiger partial charge in [0.1, 0.15) is 17.2 Å². The Morgan fingerprint density at radius 1 is 0.761 bits per heavy atom. The molecule has 5 rings (SSSR count). The lowest BCUT2D eigenvalue weighted by atomic mass is 9.87. The quantitative estimate of drug-likeness (QED) is 0.0733. The summed E-state index contributed by atoms with van der Waals surface area (Å²) in [6.07, 6.45) is 8.69. The average molecular weight is 617 g/mol. The van der Waals surface area contributed by atoms with Crippen LogP contribution < -0.4 is 4.74 Å². The van der Waals surface area contributed by atoms with Crippen molar-refractivity contribution in [1.82, 2.24) is 0 Å². The minimum Gasteiger partial charge on any atom is -0.508 e. The highest BCUT2D eigenvalue weighted by Gasteiger charge is 2.21. The summed E-state index contributed by atoms with van der Waals surface area (Å²) in [5.74, 6) is 0.348. The van der Waals surface area contributed by atoms with Crippen LogP contribution in [0.2, 0.25) is 0 Å². The summed E-state index contributed by atoms with van der Waals surface area (Å²) in [6, 6.07) is 28.2. The Kier molecular flexibility index (Phi) is 10.6. The highest BCUT2D eigenvalue weighted by Crippen LogP contribution is 2.33. The van der Waals surface area contributed by atoms with E-state index in [1.807, 2.05) is 42.5 Å². The molecule has 5 aromatic rings. The first-order valence-electron chi connectivity index (χ1n) is 15.8. The maximum atomic E-state index is 13.6. The second kappa shape index (κ2) is 15.2. The molecule has 236 valence electrons. The smallest absolute Gasteiger partial charge is 0.163 e. The first-order valence-corrected chi connectivity index (χ1v) is 15.8. The molecule has 0 amide bonds. The Hall–Kier alpha value is -5.23. The van der Waals surface area contributed by atoms with Crippen molar-refractivity contribution >= 4 is 16.6 Å². The van der Waals surface area contributed by atoms with E-state index in [1.165, 1.54) is 0 Å². The summed E-state index contributed by atoms with van der Waals surface area (Å²) in [4.78, 5) is 13.6. The largest absolute Gasteiger partial charge is 0.508 e. The number of benzene rings is 5. The van der Waals surface area contributed by atoms with Crippen molar-refractivity contribution in [3.63, 3.8) is 0 Å². The SMILES string of the molecule is CCCCC/C=C/C(=O)[C@H](Cc1ccc(O)c(OCCc2ccc(O)cc2-c2ccc(O)cc2)c1)c1ccc2ccc(O)cc2c1. The molecule has 46 heavy (non-hydrogen) atoms. The fourth-order valence-electron chi connectivity index (χ4n) is 5.68. The Labute approximate surface area is 269 Å². The summed E-state index contributed by atoms with van der Waals surface area (Å²) in [5.41, 5.74) is 4.32. The Balaban J connectivity index is 1.35. The van der Waals surface area contributed by atoms with Gasteiger partial charge in [-0.2, -0.15) is 0 Å². The molecular formula is C40H40O6. The Morgan fingerprint density at radius 2 is 1.50 bits per heavy atom. The number of hydrogen-bond donors (Lipinski definition) is 4. The molecule has 0 aliphatic heterocycles. The average Bonchev–Trinajstić information content (AvgIpc) is 3.05. The van der Waals surface area contributed by atoms with Gasteiger partial charge in [0, 0.05) is 6.42 Å². The van der Waals surface area contributed by atoms with Crippen molar-refractivity contribution in [3.8, 4) is 39.9 Å². The summed E-state index contributed by atoms with van der Waals surface area (Å²) >= 11 is 0. The minimum absolute atomic E-state index is 0.000588. The van der Waals surface area contributed by atoms with Gasteiger partial charge in [-0.05, 0) is 112 Å². The third-order valence-electron chi connectivity index (χ3n) is 8.21. The molecule has 0 radical (unpaired) electrons. The second-order valence-electron chi connectivity index (χ2n) is 11.6. The topological polar surface area (TPSA) is 107 Å². The van der Waals surface area contributed by atoms with Gasteiger partial charge in [-0.1, -0.05) is 74.4 Å². The second-order valence-corrected chi connectivity index (χ2v) is 11.6. The number of unbranched alkanes of at least 4 members (excludes halogenated alkanes) is 3. The molecule has 0 saturated carbocycles. The molecule has 6 heteroatoms. The van der Waals surface area contributed by atoms with Gasteiger partial charge in [0.2, 0.25) is 0 Å². The molecule has 0 aliphatic carbocycles. The zero-order valence-corrected chi connectivity index (χ0v) is 26.0. The highest BCUT2D eigenvalue weighted by molar-refractivity contribution is 5.96. The van der Waals surface area contributed by atoms with Crippen LogP contribution in [0.3, 0.4) is 0 Å². The van der Waals surface area contributed by atoms with Crippen molar-refractivity contribution < 1.29 is 30.0 Å². The first-order chi connectivity index (χ1) is 22.3. The van der Waals surface area contributed by atoms with Gasteiger partial charge in [0.15, 0.2) is 17.3 Å². The van der Waals surface area contributed by atoms with Gasteiger partial charge in [-0.25, -0.2) is 0 Å². The third-order valence-corrected chi connectivity index (χ3v) is 8.21. The molecule has 0 unspecified atom stereocenters. The van der Waals surface area contributed by atoms with E-state index in [0.29, 0.717) is 18.6 Å². The number of carbonyl (C=O) groups is 1. The fraction of sp³-hybridized carbons (Fsp3) is 0.225. The molecule has 1 atom stereocenters. The molecule has 5 aromatic carbocycles. The van der Waals surface area contributed by atoms with Crippen molar-refractivity contribution in [3.05, 3.63) is 126 Å². The molecular weight excluding hydrogens is 576 g/mol. The van der Waals surface area contributed by atoms with E-state index in [-0.39, 0.29) is 35.4 Å². The summed E-state index contributed by atoms with van der Waals surface area (Å²) < 4.78 is 6.06. The van der Waals surface area contributed by atoms with E-state index in [9.17, 15) is 25.2 Å². The normalized spacial score (nSPS) is 12.0. The number of ether oxygens (including phenoxy) is 1. The number of hydrogen-bond acceptors (Lipinski definition) is 6. The van der Waals surface area contributed by atoms with Crippen molar-refractivity contribution in [1.29, 1.82) is 0 Å². The zero-order chi connectivity index (χ0) is 32.5. The van der Waals surface area contributed by atoms with Crippen LogP contribution in [0, 0.1) is 0 Å². The van der Waals surface area contributed by atoms with Crippen LogP contribution in [0.4, 0.5) is 0 Å². The van der Waals surface area contributed by atoms with Crippen LogP contribution in [-0.2, 0) is 17.6 Å². The maximum absolute atomic E-state index is 13.6. The lowest BCUT2D eigenvalue weighted by molar-refractivity contribution is -0.116. The van der Waals surface area contributed by atoms with Gasteiger partial charge in [0.25, 0.3) is 0 Å². The van der Waals surface area contributed by atoms with Gasteiger partial charge < -0.3 is 25.2 Å². The fourth-order valence-corrected chi connectivity index (χ4v) is 5.68. The Morgan fingerprint density at radius 3 is 2.30 bits per heavy atom. The van der Waals surface area contributed by atoms with Crippen LogP contribution in [0.15, 0.2) is 109 Å². The summed E-state index contributed by atoms with van der Waals surface area (Å²) in [6.45, 7) is 2.42. The molecule has 0 fully saturated rings. The van der Waals surface area contributed by atoms with Gasteiger partial charge in [-0.15, -0.1) is 0 Å². The van der Waals surface area contributed by atoms with Crippen LogP contribution in [0.1, 0.15) is 55.2 Å². The number of phenols is 4. The van der Waals surface area contributed by atoms with E-state index in [4.69, 9.17) is 4.74 Å². The van der Waals surface area contributed by atoms with Crippen LogP contribution in [0.5, 0.6) is 28.7 Å². The van der Waals surface area contributed by atoms with Crippen molar-refractivity contribution in [2.45, 2.75) is 51.4 Å².